The van der Waals surface area contributed by atoms with Crippen LogP contribution in [0.5, 0.6) is 0 Å². The summed E-state index contributed by atoms with van der Waals surface area (Å²) < 4.78 is 12.9. The summed E-state index contributed by atoms with van der Waals surface area (Å²) in [7, 11) is 0. The molecular weight excluding hydrogens is 325 g/mol. The zero-order valence-electron chi connectivity index (χ0n) is 12.6. The topological polar surface area (TPSA) is 54.9 Å². The van der Waals surface area contributed by atoms with Gasteiger partial charge in [-0.2, -0.15) is 0 Å². The van der Waals surface area contributed by atoms with E-state index in [-0.39, 0.29) is 11.7 Å². The van der Waals surface area contributed by atoms with Gasteiger partial charge in [0.15, 0.2) is 5.82 Å². The molecule has 0 aliphatic carbocycles. The Balaban J connectivity index is 1.57. The molecule has 3 rings (SSSR count). The summed E-state index contributed by atoms with van der Waals surface area (Å²) in [5.74, 6) is 0.596. The first-order chi connectivity index (χ1) is 11.7. The quantitative estimate of drug-likeness (QED) is 0.709. The second-order valence-electron chi connectivity index (χ2n) is 4.99. The lowest BCUT2D eigenvalue weighted by molar-refractivity contribution is 0.102. The maximum absolute atomic E-state index is 12.9. The van der Waals surface area contributed by atoms with Crippen molar-refractivity contribution in [3.8, 4) is 0 Å². The number of nitrogens with one attached hydrogen (secondary N) is 1. The van der Waals surface area contributed by atoms with Crippen LogP contribution in [0, 0.1) is 5.82 Å². The fourth-order valence-corrected chi connectivity index (χ4v) is 2.75. The summed E-state index contributed by atoms with van der Waals surface area (Å²) >= 11 is 1.49. The van der Waals surface area contributed by atoms with E-state index in [2.05, 4.69) is 15.5 Å². The number of thioether (sulfide) groups is 1. The van der Waals surface area contributed by atoms with Crippen molar-refractivity contribution >= 4 is 23.5 Å². The lowest BCUT2D eigenvalue weighted by Crippen LogP contribution is -2.13. The Morgan fingerprint density at radius 2 is 1.71 bits per heavy atom. The molecule has 1 amide bonds. The van der Waals surface area contributed by atoms with Crippen LogP contribution in [0.3, 0.4) is 0 Å². The molecule has 0 aliphatic rings. The van der Waals surface area contributed by atoms with Gasteiger partial charge in [-0.15, -0.1) is 10.2 Å². The standard InChI is InChI=1S/C18H14FN3OS/c19-15-8-6-13(7-9-15)12-24-17-11-10-16(21-22-17)20-18(23)14-4-2-1-3-5-14/h1-11H,12H2,(H,20,21,23). The number of hydrogen-bond donors (Lipinski definition) is 1. The number of carbonyl (C=O) groups is 1. The minimum Gasteiger partial charge on any atom is -0.305 e. The Labute approximate surface area is 143 Å². The summed E-state index contributed by atoms with van der Waals surface area (Å²) in [6, 6.07) is 18.8. The summed E-state index contributed by atoms with van der Waals surface area (Å²) in [6.45, 7) is 0. The molecule has 0 saturated heterocycles. The van der Waals surface area contributed by atoms with Crippen LogP contribution in [0.2, 0.25) is 0 Å². The molecule has 1 N–H and O–H groups in total. The van der Waals surface area contributed by atoms with Crippen molar-refractivity contribution in [2.75, 3.05) is 5.32 Å². The third-order valence-electron chi connectivity index (χ3n) is 3.22. The maximum atomic E-state index is 12.9. The van der Waals surface area contributed by atoms with E-state index in [1.54, 1.807) is 48.5 Å². The van der Waals surface area contributed by atoms with Gasteiger partial charge in [0.05, 0.1) is 0 Å². The van der Waals surface area contributed by atoms with Gasteiger partial charge in [-0.3, -0.25) is 4.79 Å². The van der Waals surface area contributed by atoms with Gasteiger partial charge in [0.25, 0.3) is 5.91 Å². The zero-order chi connectivity index (χ0) is 16.8. The number of anilines is 1. The number of halogens is 1. The van der Waals surface area contributed by atoms with Crippen molar-refractivity contribution in [2.24, 2.45) is 0 Å². The van der Waals surface area contributed by atoms with Gasteiger partial charge in [-0.25, -0.2) is 4.39 Å². The molecule has 24 heavy (non-hydrogen) atoms. The summed E-state index contributed by atoms with van der Waals surface area (Å²) in [6.07, 6.45) is 0. The second-order valence-corrected chi connectivity index (χ2v) is 5.99. The van der Waals surface area contributed by atoms with Crippen molar-refractivity contribution < 1.29 is 9.18 Å². The first-order valence-corrected chi connectivity index (χ1v) is 8.27. The fourth-order valence-electron chi connectivity index (χ4n) is 1.98. The number of hydrogen-bond acceptors (Lipinski definition) is 4. The van der Waals surface area contributed by atoms with Crippen molar-refractivity contribution in [3.63, 3.8) is 0 Å². The van der Waals surface area contributed by atoms with E-state index in [0.717, 1.165) is 10.6 Å². The van der Waals surface area contributed by atoms with E-state index in [1.807, 2.05) is 6.07 Å². The van der Waals surface area contributed by atoms with Gasteiger partial charge in [0.2, 0.25) is 0 Å². The predicted octanol–water partition coefficient (Wildman–Crippen LogP) is 4.16. The molecule has 6 heteroatoms. The van der Waals surface area contributed by atoms with E-state index in [9.17, 15) is 9.18 Å². The third-order valence-corrected chi connectivity index (χ3v) is 4.21. The monoisotopic (exact) mass is 339 g/mol. The van der Waals surface area contributed by atoms with E-state index in [1.165, 1.54) is 23.9 Å². The predicted molar refractivity (Wildman–Crippen MR) is 92.4 cm³/mol. The van der Waals surface area contributed by atoms with Gasteiger partial charge >= 0.3 is 0 Å². The number of nitrogens with zero attached hydrogens (tertiary/aromatic N) is 2. The molecule has 3 aromatic rings. The Morgan fingerprint density at radius 1 is 0.958 bits per heavy atom. The number of benzene rings is 2. The molecule has 4 nitrogen and oxygen atoms in total. The van der Waals surface area contributed by atoms with E-state index in [4.69, 9.17) is 0 Å². The van der Waals surface area contributed by atoms with Crippen molar-refractivity contribution in [3.05, 3.63) is 83.7 Å². The SMILES string of the molecule is O=C(Nc1ccc(SCc2ccc(F)cc2)nn1)c1ccccc1. The second kappa shape index (κ2) is 7.70. The Bertz CT molecular complexity index is 808. The van der Waals surface area contributed by atoms with E-state index < -0.39 is 0 Å². The molecule has 0 bridgehead atoms. The molecule has 0 atom stereocenters. The summed E-state index contributed by atoms with van der Waals surface area (Å²) in [5.41, 5.74) is 1.57. The zero-order valence-corrected chi connectivity index (χ0v) is 13.5. The minimum absolute atomic E-state index is 0.225. The lowest BCUT2D eigenvalue weighted by atomic mass is 10.2. The molecule has 0 radical (unpaired) electrons. The van der Waals surface area contributed by atoms with Crippen molar-refractivity contribution in [1.29, 1.82) is 0 Å². The number of rotatable bonds is 5. The molecule has 0 saturated carbocycles. The average molecular weight is 339 g/mol. The molecule has 0 aliphatic heterocycles. The number of aromatic nitrogens is 2. The van der Waals surface area contributed by atoms with Crippen LogP contribution >= 0.6 is 11.8 Å². The van der Waals surface area contributed by atoms with Crippen LogP contribution in [0.25, 0.3) is 0 Å². The van der Waals surface area contributed by atoms with Crippen molar-refractivity contribution in [2.45, 2.75) is 10.8 Å². The number of amides is 1. The number of carbonyl (C=O) groups excluding carboxylic acids is 1. The minimum atomic E-state index is -0.248. The molecule has 0 spiro atoms. The summed E-state index contributed by atoms with van der Waals surface area (Å²) in [5, 5.41) is 11.5. The van der Waals surface area contributed by atoms with Gasteiger partial charge in [0.1, 0.15) is 10.8 Å². The molecular formula is C18H14FN3OS. The molecule has 1 heterocycles. The maximum Gasteiger partial charge on any atom is 0.256 e. The lowest BCUT2D eigenvalue weighted by Gasteiger charge is -2.05. The summed E-state index contributed by atoms with van der Waals surface area (Å²) in [4.78, 5) is 12.0. The van der Waals surface area contributed by atoms with Crippen LogP contribution in [0.1, 0.15) is 15.9 Å². The Kier molecular flexibility index (Phi) is 5.18. The molecule has 0 fully saturated rings. The molecule has 120 valence electrons. The smallest absolute Gasteiger partial charge is 0.256 e. The average Bonchev–Trinajstić information content (AvgIpc) is 2.63. The highest BCUT2D eigenvalue weighted by atomic mass is 32.2. The highest BCUT2D eigenvalue weighted by Crippen LogP contribution is 2.21. The normalized spacial score (nSPS) is 10.4. The first kappa shape index (κ1) is 16.1. The largest absolute Gasteiger partial charge is 0.305 e. The van der Waals surface area contributed by atoms with Gasteiger partial charge < -0.3 is 5.32 Å². The van der Waals surface area contributed by atoms with Crippen LogP contribution in [0.15, 0.2) is 71.8 Å². The third kappa shape index (κ3) is 4.39. The highest BCUT2D eigenvalue weighted by molar-refractivity contribution is 7.98. The Morgan fingerprint density at radius 3 is 2.38 bits per heavy atom. The van der Waals surface area contributed by atoms with Crippen LogP contribution in [0.4, 0.5) is 10.2 Å². The van der Waals surface area contributed by atoms with E-state index in [0.29, 0.717) is 17.1 Å². The van der Waals surface area contributed by atoms with Crippen LogP contribution in [-0.4, -0.2) is 16.1 Å². The van der Waals surface area contributed by atoms with Gasteiger partial charge in [0, 0.05) is 11.3 Å². The highest BCUT2D eigenvalue weighted by Gasteiger charge is 2.06. The molecule has 0 unspecified atom stereocenters. The molecule has 2 aromatic carbocycles. The van der Waals surface area contributed by atoms with Crippen LogP contribution < -0.4 is 5.32 Å². The van der Waals surface area contributed by atoms with Gasteiger partial charge in [-0.05, 0) is 42.0 Å². The molecule has 1 aromatic heterocycles. The van der Waals surface area contributed by atoms with Gasteiger partial charge in [-0.1, -0.05) is 42.1 Å². The fraction of sp³-hybridized carbons (Fsp3) is 0.0556. The first-order valence-electron chi connectivity index (χ1n) is 7.28. The van der Waals surface area contributed by atoms with E-state index >= 15 is 0 Å². The van der Waals surface area contributed by atoms with Crippen LogP contribution in [-0.2, 0) is 5.75 Å². The van der Waals surface area contributed by atoms with Crippen molar-refractivity contribution in [1.82, 2.24) is 10.2 Å². The Hall–Kier alpha value is -2.73.